The highest BCUT2D eigenvalue weighted by Crippen LogP contribution is 2.23. The van der Waals surface area contributed by atoms with E-state index >= 15 is 0 Å². The first-order valence-corrected chi connectivity index (χ1v) is 7.10. The Morgan fingerprint density at radius 3 is 2.77 bits per heavy atom. The van der Waals surface area contributed by atoms with Crippen LogP contribution in [0.2, 0.25) is 0 Å². The van der Waals surface area contributed by atoms with Gasteiger partial charge in [0.25, 0.3) is 0 Å². The van der Waals surface area contributed by atoms with Gasteiger partial charge in [-0.15, -0.1) is 0 Å². The molecule has 0 spiro atoms. The van der Waals surface area contributed by atoms with Crippen LogP contribution in [0.1, 0.15) is 11.1 Å². The zero-order valence-electron chi connectivity index (χ0n) is 11.8. The smallest absolute Gasteiger partial charge is 0.246 e. The first-order valence-electron chi connectivity index (χ1n) is 7.10. The van der Waals surface area contributed by atoms with Crippen molar-refractivity contribution in [1.82, 2.24) is 4.98 Å². The van der Waals surface area contributed by atoms with E-state index in [1.54, 1.807) is 0 Å². The van der Waals surface area contributed by atoms with E-state index in [1.807, 2.05) is 54.7 Å². The number of aliphatic imine (C=N–C) groups is 1. The molecule has 22 heavy (non-hydrogen) atoms. The molecule has 1 amide bonds. The summed E-state index contributed by atoms with van der Waals surface area (Å²) in [6.07, 6.45) is 1.81. The molecule has 1 aliphatic heterocycles. The number of rotatable bonds is 1. The van der Waals surface area contributed by atoms with E-state index < -0.39 is 0 Å². The van der Waals surface area contributed by atoms with Crippen molar-refractivity contribution in [1.29, 1.82) is 0 Å². The van der Waals surface area contributed by atoms with E-state index in [0.717, 1.165) is 33.4 Å². The molecule has 4 rings (SSSR count). The van der Waals surface area contributed by atoms with Gasteiger partial charge in [-0.1, -0.05) is 36.4 Å². The number of nitrogens with one attached hydrogen (secondary N) is 1. The second-order valence-corrected chi connectivity index (χ2v) is 5.18. The molecule has 0 aliphatic carbocycles. The molecular weight excluding hydrogens is 274 g/mol. The number of amides is 1. The maximum Gasteiger partial charge on any atom is 0.246 e. The lowest BCUT2D eigenvalue weighted by atomic mass is 10.0. The molecule has 0 fully saturated rings. The molecule has 106 valence electrons. The number of para-hydroxylation sites is 2. The van der Waals surface area contributed by atoms with Gasteiger partial charge >= 0.3 is 0 Å². The van der Waals surface area contributed by atoms with Crippen LogP contribution in [0.4, 0.5) is 5.69 Å². The number of pyridine rings is 1. The molecule has 0 bridgehead atoms. The van der Waals surface area contributed by atoms with Crippen LogP contribution in [-0.2, 0) is 4.79 Å². The molecule has 0 unspecified atom stereocenters. The van der Waals surface area contributed by atoms with Crippen LogP contribution >= 0.6 is 0 Å². The van der Waals surface area contributed by atoms with Gasteiger partial charge in [-0.2, -0.15) is 0 Å². The first-order chi connectivity index (χ1) is 10.8. The molecular formula is C18H13N3O. The Labute approximate surface area is 127 Å². The largest absolute Gasteiger partial charge is 0.324 e. The molecule has 1 N–H and O–H groups in total. The van der Waals surface area contributed by atoms with Crippen LogP contribution in [0.5, 0.6) is 0 Å². The lowest BCUT2D eigenvalue weighted by molar-refractivity contribution is -0.114. The highest BCUT2D eigenvalue weighted by Gasteiger charge is 2.17. The minimum atomic E-state index is -0.101. The number of fused-ring (bicyclic) bond motifs is 2. The Balaban J connectivity index is 1.91. The molecule has 0 saturated carbocycles. The molecule has 1 aliphatic rings. The van der Waals surface area contributed by atoms with Crippen LogP contribution in [0, 0.1) is 0 Å². The van der Waals surface area contributed by atoms with Crippen molar-refractivity contribution in [3.63, 3.8) is 0 Å². The van der Waals surface area contributed by atoms with Gasteiger partial charge in [0.2, 0.25) is 5.91 Å². The van der Waals surface area contributed by atoms with E-state index in [1.165, 1.54) is 0 Å². The number of benzodiazepines with no additional fused rings is 1. The quantitative estimate of drug-likeness (QED) is 0.748. The maximum absolute atomic E-state index is 11.8. The summed E-state index contributed by atoms with van der Waals surface area (Å²) in [4.78, 5) is 20.8. The Morgan fingerprint density at radius 1 is 1.00 bits per heavy atom. The number of benzene rings is 2. The van der Waals surface area contributed by atoms with Gasteiger partial charge in [-0.25, -0.2) is 0 Å². The Morgan fingerprint density at radius 2 is 1.82 bits per heavy atom. The number of nitrogens with zero attached hydrogens (tertiary/aromatic N) is 2. The molecule has 2 aromatic carbocycles. The normalized spacial score (nSPS) is 14.0. The fourth-order valence-electron chi connectivity index (χ4n) is 2.67. The molecule has 4 nitrogen and oxygen atoms in total. The summed E-state index contributed by atoms with van der Waals surface area (Å²) < 4.78 is 0. The summed E-state index contributed by atoms with van der Waals surface area (Å²) in [5.74, 6) is -0.101. The maximum atomic E-state index is 11.8. The van der Waals surface area contributed by atoms with Crippen molar-refractivity contribution in [3.8, 4) is 0 Å². The Kier molecular flexibility index (Phi) is 2.93. The number of anilines is 1. The van der Waals surface area contributed by atoms with Gasteiger partial charge < -0.3 is 5.32 Å². The van der Waals surface area contributed by atoms with E-state index in [-0.39, 0.29) is 12.5 Å². The van der Waals surface area contributed by atoms with E-state index in [0.29, 0.717) is 0 Å². The molecule has 1 aromatic heterocycles. The molecule has 4 heteroatoms. The van der Waals surface area contributed by atoms with Gasteiger partial charge in [-0.05, 0) is 18.2 Å². The third-order valence-corrected chi connectivity index (χ3v) is 3.70. The Hall–Kier alpha value is -3.01. The van der Waals surface area contributed by atoms with Crippen molar-refractivity contribution in [2.45, 2.75) is 0 Å². The van der Waals surface area contributed by atoms with Crippen LogP contribution < -0.4 is 5.32 Å². The van der Waals surface area contributed by atoms with E-state index in [2.05, 4.69) is 21.4 Å². The monoisotopic (exact) mass is 287 g/mol. The number of carbonyl (C=O) groups is 1. The van der Waals surface area contributed by atoms with Gasteiger partial charge in [-0.3, -0.25) is 14.8 Å². The first kappa shape index (κ1) is 12.7. The van der Waals surface area contributed by atoms with Crippen LogP contribution in [0.15, 0.2) is 65.8 Å². The SMILES string of the molecule is O=C1CN=C(c2cnc3ccccc3c2)c2ccccc2N1. The molecule has 2 heterocycles. The third kappa shape index (κ3) is 2.15. The van der Waals surface area contributed by atoms with Crippen molar-refractivity contribution >= 4 is 28.2 Å². The summed E-state index contributed by atoms with van der Waals surface area (Å²) in [5, 5.41) is 3.94. The lowest BCUT2D eigenvalue weighted by Crippen LogP contribution is -2.13. The Bertz CT molecular complexity index is 915. The van der Waals surface area contributed by atoms with Crippen molar-refractivity contribution in [3.05, 3.63) is 71.9 Å². The zero-order chi connectivity index (χ0) is 14.9. The molecule has 3 aromatic rings. The highest BCUT2D eigenvalue weighted by molar-refractivity contribution is 6.19. The second-order valence-electron chi connectivity index (χ2n) is 5.18. The summed E-state index contributed by atoms with van der Waals surface area (Å²) in [6, 6.07) is 17.7. The van der Waals surface area contributed by atoms with Crippen molar-refractivity contribution in [2.75, 3.05) is 11.9 Å². The standard InChI is InChI=1S/C18H13N3O/c22-17-11-20-18(14-6-2-4-8-16(14)21-17)13-9-12-5-1-3-7-15(12)19-10-13/h1-10H,11H2,(H,21,22). The average molecular weight is 287 g/mol. The van der Waals surface area contributed by atoms with Gasteiger partial charge in [0.15, 0.2) is 0 Å². The highest BCUT2D eigenvalue weighted by atomic mass is 16.1. The number of aromatic nitrogens is 1. The number of hydrogen-bond donors (Lipinski definition) is 1. The van der Waals surface area contributed by atoms with Crippen molar-refractivity contribution < 1.29 is 4.79 Å². The summed E-state index contributed by atoms with van der Waals surface area (Å²) in [6.45, 7) is 0.122. The zero-order valence-corrected chi connectivity index (χ0v) is 11.8. The summed E-state index contributed by atoms with van der Waals surface area (Å²) >= 11 is 0. The minimum Gasteiger partial charge on any atom is -0.324 e. The van der Waals surface area contributed by atoms with Gasteiger partial charge in [0.05, 0.1) is 16.9 Å². The summed E-state index contributed by atoms with van der Waals surface area (Å²) in [5.41, 5.74) is 4.38. The lowest BCUT2D eigenvalue weighted by Gasteiger charge is -2.10. The third-order valence-electron chi connectivity index (χ3n) is 3.70. The number of carbonyl (C=O) groups excluding carboxylic acids is 1. The van der Waals surface area contributed by atoms with Gasteiger partial charge in [0, 0.05) is 22.7 Å². The summed E-state index contributed by atoms with van der Waals surface area (Å²) in [7, 11) is 0. The fourth-order valence-corrected chi connectivity index (χ4v) is 2.67. The number of hydrogen-bond acceptors (Lipinski definition) is 3. The predicted molar refractivity (Wildman–Crippen MR) is 87.3 cm³/mol. The topological polar surface area (TPSA) is 54.4 Å². The predicted octanol–water partition coefficient (Wildman–Crippen LogP) is 3.02. The molecule has 0 radical (unpaired) electrons. The van der Waals surface area contributed by atoms with Crippen LogP contribution in [0.3, 0.4) is 0 Å². The minimum absolute atomic E-state index is 0.101. The van der Waals surface area contributed by atoms with Crippen LogP contribution in [0.25, 0.3) is 10.9 Å². The van der Waals surface area contributed by atoms with E-state index in [4.69, 9.17) is 0 Å². The van der Waals surface area contributed by atoms with E-state index in [9.17, 15) is 4.79 Å². The second kappa shape index (κ2) is 5.07. The molecule has 0 saturated heterocycles. The molecule has 0 atom stereocenters. The van der Waals surface area contributed by atoms with Crippen molar-refractivity contribution in [2.24, 2.45) is 4.99 Å². The van der Waals surface area contributed by atoms with Gasteiger partial charge in [0.1, 0.15) is 6.54 Å². The van der Waals surface area contributed by atoms with Crippen LogP contribution in [-0.4, -0.2) is 23.1 Å². The average Bonchev–Trinajstić information content (AvgIpc) is 2.72. The fraction of sp³-hybridized carbons (Fsp3) is 0.0556.